The molecule has 132 valence electrons. The van der Waals surface area contributed by atoms with E-state index in [-0.39, 0.29) is 17.3 Å². The van der Waals surface area contributed by atoms with Crippen LogP contribution in [0.1, 0.15) is 64.7 Å². The molecule has 2 heterocycles. The molecule has 1 unspecified atom stereocenters. The zero-order valence-corrected chi connectivity index (χ0v) is 14.7. The van der Waals surface area contributed by atoms with Crippen LogP contribution in [0, 0.1) is 5.92 Å². The number of hydrogen-bond acceptors (Lipinski definition) is 4. The van der Waals surface area contributed by atoms with Crippen molar-refractivity contribution in [1.29, 1.82) is 0 Å². The minimum atomic E-state index is -0.611. The van der Waals surface area contributed by atoms with E-state index in [1.165, 1.54) is 6.26 Å². The maximum Gasteiger partial charge on any atom is 0.290 e. The number of amides is 1. The Morgan fingerprint density at radius 2 is 2.08 bits per heavy atom. The van der Waals surface area contributed by atoms with Crippen molar-refractivity contribution in [2.75, 3.05) is 6.54 Å². The Morgan fingerprint density at radius 3 is 2.67 bits per heavy atom. The fraction of sp³-hybridized carbons (Fsp3) is 0.579. The summed E-state index contributed by atoms with van der Waals surface area (Å²) in [7, 11) is 0. The van der Waals surface area contributed by atoms with Gasteiger partial charge in [0.15, 0.2) is 11.5 Å². The molecule has 1 aromatic heterocycles. The Balaban J connectivity index is 2.27. The Labute approximate surface area is 143 Å². The number of hydrogen-bond donors (Lipinski definition) is 1. The molecule has 1 amide bonds. The van der Waals surface area contributed by atoms with Crippen LogP contribution < -0.4 is 0 Å². The highest BCUT2D eigenvalue weighted by atomic mass is 16.3. The molecule has 1 aromatic rings. The van der Waals surface area contributed by atoms with Crippen LogP contribution >= 0.6 is 0 Å². The van der Waals surface area contributed by atoms with Gasteiger partial charge in [-0.3, -0.25) is 9.59 Å². The molecular formula is C19H27NO4. The molecular weight excluding hydrogens is 306 g/mol. The molecule has 1 aliphatic rings. The third-order valence-corrected chi connectivity index (χ3v) is 4.26. The number of ketones is 1. The first-order valence-corrected chi connectivity index (χ1v) is 8.78. The summed E-state index contributed by atoms with van der Waals surface area (Å²) < 4.78 is 5.47. The summed E-state index contributed by atoms with van der Waals surface area (Å²) in [5.74, 6) is -0.399. The van der Waals surface area contributed by atoms with Gasteiger partial charge in [0.05, 0.1) is 11.8 Å². The predicted molar refractivity (Wildman–Crippen MR) is 91.4 cm³/mol. The molecule has 0 radical (unpaired) electrons. The number of aliphatic hydroxyl groups is 1. The molecule has 0 saturated heterocycles. The number of nitrogens with zero attached hydrogens (tertiary/aromatic N) is 1. The average Bonchev–Trinajstić information content (AvgIpc) is 3.12. The highest BCUT2D eigenvalue weighted by Crippen LogP contribution is 2.38. The molecule has 1 N–H and O–H groups in total. The van der Waals surface area contributed by atoms with Crippen molar-refractivity contribution in [2.45, 2.75) is 58.9 Å². The van der Waals surface area contributed by atoms with Crippen LogP contribution in [0.25, 0.3) is 0 Å². The second-order valence-corrected chi connectivity index (χ2v) is 6.76. The van der Waals surface area contributed by atoms with Crippen LogP contribution in [0.15, 0.2) is 34.1 Å². The van der Waals surface area contributed by atoms with Gasteiger partial charge in [-0.25, -0.2) is 0 Å². The fourth-order valence-electron chi connectivity index (χ4n) is 3.10. The number of carbonyl (C=O) groups is 2. The number of rotatable bonds is 9. The topological polar surface area (TPSA) is 70.8 Å². The van der Waals surface area contributed by atoms with Crippen LogP contribution in [0.5, 0.6) is 0 Å². The first-order valence-electron chi connectivity index (χ1n) is 8.78. The highest BCUT2D eigenvalue weighted by Gasteiger charge is 2.44. The second kappa shape index (κ2) is 8.18. The van der Waals surface area contributed by atoms with Gasteiger partial charge in [0.1, 0.15) is 11.8 Å². The molecule has 1 aliphatic heterocycles. The Hall–Kier alpha value is -2.04. The van der Waals surface area contributed by atoms with Crippen molar-refractivity contribution in [3.05, 3.63) is 35.5 Å². The van der Waals surface area contributed by atoms with Crippen molar-refractivity contribution < 1.29 is 19.1 Å². The van der Waals surface area contributed by atoms with E-state index < -0.39 is 17.7 Å². The van der Waals surface area contributed by atoms with Crippen LogP contribution in [-0.4, -0.2) is 28.2 Å². The first-order chi connectivity index (χ1) is 11.5. The van der Waals surface area contributed by atoms with Crippen molar-refractivity contribution in [3.8, 4) is 0 Å². The Kier molecular flexibility index (Phi) is 6.23. The molecule has 0 aliphatic carbocycles. The second-order valence-electron chi connectivity index (χ2n) is 6.76. The molecule has 2 rings (SSSR count). The van der Waals surface area contributed by atoms with E-state index in [9.17, 15) is 14.7 Å². The van der Waals surface area contributed by atoms with E-state index in [0.29, 0.717) is 18.7 Å². The normalized spacial score (nSPS) is 18.1. The van der Waals surface area contributed by atoms with Gasteiger partial charge in [0, 0.05) is 13.0 Å². The smallest absolute Gasteiger partial charge is 0.290 e. The summed E-state index contributed by atoms with van der Waals surface area (Å²) in [4.78, 5) is 26.7. The molecule has 5 nitrogen and oxygen atoms in total. The molecule has 0 spiro atoms. The van der Waals surface area contributed by atoms with E-state index in [0.717, 1.165) is 25.7 Å². The van der Waals surface area contributed by atoms with Gasteiger partial charge < -0.3 is 14.4 Å². The van der Waals surface area contributed by atoms with E-state index in [1.807, 2.05) is 13.8 Å². The van der Waals surface area contributed by atoms with Crippen molar-refractivity contribution in [2.24, 2.45) is 5.92 Å². The fourth-order valence-corrected chi connectivity index (χ4v) is 3.10. The van der Waals surface area contributed by atoms with Crippen molar-refractivity contribution in [3.63, 3.8) is 0 Å². The number of carbonyl (C=O) groups excluding carboxylic acids is 2. The molecule has 0 bridgehead atoms. The largest absolute Gasteiger partial charge is 0.503 e. The third kappa shape index (κ3) is 3.89. The van der Waals surface area contributed by atoms with Gasteiger partial charge in [0.25, 0.3) is 5.91 Å². The molecule has 24 heavy (non-hydrogen) atoms. The lowest BCUT2D eigenvalue weighted by Crippen LogP contribution is -2.32. The summed E-state index contributed by atoms with van der Waals surface area (Å²) in [5.41, 5.74) is 0.180. The molecule has 5 heteroatoms. The molecule has 1 atom stereocenters. The minimum Gasteiger partial charge on any atom is -0.503 e. The zero-order chi connectivity index (χ0) is 17.7. The standard InChI is InChI=1S/C19H27NO4/c1-4-5-6-7-10-20-17(15-9-8-11-24-15)16(18(22)19(20)23)14(21)12-13(2)3/h8-9,11,13,17,22H,4-7,10,12H2,1-3H3. The lowest BCUT2D eigenvalue weighted by molar-refractivity contribution is -0.129. The van der Waals surface area contributed by atoms with Crippen LogP contribution in [0.4, 0.5) is 0 Å². The lowest BCUT2D eigenvalue weighted by atomic mass is 9.95. The van der Waals surface area contributed by atoms with Gasteiger partial charge in [0.2, 0.25) is 0 Å². The molecule has 0 saturated carbocycles. The van der Waals surface area contributed by atoms with Crippen LogP contribution in [-0.2, 0) is 9.59 Å². The maximum absolute atomic E-state index is 12.6. The predicted octanol–water partition coefficient (Wildman–Crippen LogP) is 4.17. The first kappa shape index (κ1) is 18.3. The number of furan rings is 1. The lowest BCUT2D eigenvalue weighted by Gasteiger charge is -2.25. The van der Waals surface area contributed by atoms with Gasteiger partial charge in [-0.1, -0.05) is 40.0 Å². The van der Waals surface area contributed by atoms with Gasteiger partial charge in [-0.15, -0.1) is 0 Å². The van der Waals surface area contributed by atoms with Crippen LogP contribution in [0.2, 0.25) is 0 Å². The zero-order valence-electron chi connectivity index (χ0n) is 14.7. The molecule has 0 fully saturated rings. The summed E-state index contributed by atoms with van der Waals surface area (Å²) >= 11 is 0. The Bertz CT molecular complexity index is 601. The van der Waals surface area contributed by atoms with Crippen LogP contribution in [0.3, 0.4) is 0 Å². The van der Waals surface area contributed by atoms with Gasteiger partial charge in [-0.2, -0.15) is 0 Å². The number of aliphatic hydroxyl groups excluding tert-OH is 1. The highest BCUT2D eigenvalue weighted by molar-refractivity contribution is 6.08. The summed E-state index contributed by atoms with van der Waals surface area (Å²) in [6.45, 7) is 6.52. The number of Topliss-reactive ketones (excluding diaryl/α,β-unsaturated/α-hetero) is 1. The SMILES string of the molecule is CCCCCCN1C(=O)C(O)=C(C(=O)CC(C)C)C1c1ccco1. The van der Waals surface area contributed by atoms with E-state index in [2.05, 4.69) is 6.92 Å². The van der Waals surface area contributed by atoms with E-state index >= 15 is 0 Å². The maximum atomic E-state index is 12.6. The summed E-state index contributed by atoms with van der Waals surface area (Å²) in [6.07, 6.45) is 5.89. The average molecular weight is 333 g/mol. The van der Waals surface area contributed by atoms with Crippen molar-refractivity contribution in [1.82, 2.24) is 4.90 Å². The monoisotopic (exact) mass is 333 g/mol. The summed E-state index contributed by atoms with van der Waals surface area (Å²) in [6, 6.07) is 2.87. The summed E-state index contributed by atoms with van der Waals surface area (Å²) in [5, 5.41) is 10.3. The van der Waals surface area contributed by atoms with Crippen molar-refractivity contribution >= 4 is 11.7 Å². The molecule has 0 aromatic carbocycles. The van der Waals surface area contributed by atoms with E-state index in [4.69, 9.17) is 4.42 Å². The minimum absolute atomic E-state index is 0.156. The number of unbranched alkanes of at least 4 members (excludes halogenated alkanes) is 3. The van der Waals surface area contributed by atoms with Gasteiger partial charge >= 0.3 is 0 Å². The quantitative estimate of drug-likeness (QED) is 0.689. The van der Waals surface area contributed by atoms with Gasteiger partial charge in [-0.05, 0) is 24.5 Å². The Morgan fingerprint density at radius 1 is 1.33 bits per heavy atom. The third-order valence-electron chi connectivity index (χ3n) is 4.26. The van der Waals surface area contributed by atoms with E-state index in [1.54, 1.807) is 17.0 Å².